The fraction of sp³-hybridized carbons (Fsp3) is 0.204. The van der Waals surface area contributed by atoms with E-state index in [9.17, 15) is 4.39 Å². The molecule has 1 aromatic heterocycles. The first-order valence-corrected chi connectivity index (χ1v) is 20.2. The van der Waals surface area contributed by atoms with Gasteiger partial charge in [-0.3, -0.25) is 0 Å². The Morgan fingerprint density at radius 2 is 1.08 bits per heavy atom. The zero-order valence-electron chi connectivity index (χ0n) is 35.2. The fourth-order valence-electron chi connectivity index (χ4n) is 9.39. The second-order valence-electron chi connectivity index (χ2n) is 15.9. The third-order valence-corrected chi connectivity index (χ3v) is 12.2. The molecule has 8 rings (SSSR count). The van der Waals surface area contributed by atoms with E-state index < -0.39 is 47.2 Å². The Morgan fingerprint density at radius 1 is 0.607 bits per heavy atom. The van der Waals surface area contributed by atoms with Crippen molar-refractivity contribution >= 4 is 69.4 Å². The van der Waals surface area contributed by atoms with Crippen molar-refractivity contribution in [3.8, 4) is 0 Å². The highest BCUT2D eigenvalue weighted by molar-refractivity contribution is 6.59. The van der Waals surface area contributed by atoms with Crippen molar-refractivity contribution in [1.29, 1.82) is 0 Å². The lowest BCUT2D eigenvalue weighted by molar-refractivity contribution is -0.362. The molecule has 3 heterocycles. The lowest BCUT2D eigenvalue weighted by Gasteiger charge is -2.34. The Labute approximate surface area is 350 Å². The summed E-state index contributed by atoms with van der Waals surface area (Å²) in [6.45, 7) is 1.75. The Morgan fingerprint density at radius 3 is 1.56 bits per heavy atom. The van der Waals surface area contributed by atoms with Gasteiger partial charge >= 0.3 is 6.97 Å². The van der Waals surface area contributed by atoms with E-state index in [1.54, 1.807) is 52.0 Å². The molecule has 4 nitrogen and oxygen atoms in total. The van der Waals surface area contributed by atoms with Crippen LogP contribution in [0.2, 0.25) is 0 Å². The van der Waals surface area contributed by atoms with Crippen LogP contribution < -0.4 is 9.80 Å². The minimum absolute atomic E-state index is 0.0531. The summed E-state index contributed by atoms with van der Waals surface area (Å²) >= 11 is 0. The van der Waals surface area contributed by atoms with Gasteiger partial charge in [0, 0.05) is 78.9 Å². The molecule has 0 saturated carbocycles. The van der Waals surface area contributed by atoms with Gasteiger partial charge in [-0.25, -0.2) is 22.0 Å². The summed E-state index contributed by atoms with van der Waals surface area (Å²) in [6.07, 6.45) is 7.02. The number of benzene rings is 5. The van der Waals surface area contributed by atoms with Crippen LogP contribution >= 0.6 is 0 Å². The molecule has 0 radical (unpaired) electrons. The van der Waals surface area contributed by atoms with Crippen LogP contribution in [0.4, 0.5) is 42.0 Å². The molecule has 2 aliphatic rings. The largest absolute Gasteiger partial charge is 0.737 e. The van der Waals surface area contributed by atoms with Crippen LogP contribution in [0.1, 0.15) is 66.4 Å². The first kappa shape index (κ1) is 41.4. The number of anilines is 2. The molecule has 0 saturated heterocycles. The monoisotopic (exact) mass is 832 g/mol. The summed E-state index contributed by atoms with van der Waals surface area (Å²) in [5.41, 5.74) is 2.45. The van der Waals surface area contributed by atoms with Crippen LogP contribution in [-0.4, -0.2) is 49.8 Å². The maximum Gasteiger partial charge on any atom is 0.737 e. The van der Waals surface area contributed by atoms with Crippen molar-refractivity contribution in [2.24, 2.45) is 0 Å². The molecule has 12 heteroatoms. The summed E-state index contributed by atoms with van der Waals surface area (Å²) in [5, 5.41) is 3.61. The predicted octanol–water partition coefficient (Wildman–Crippen LogP) is 12.6. The molecule has 312 valence electrons. The van der Waals surface area contributed by atoms with E-state index in [2.05, 4.69) is 0 Å². The van der Waals surface area contributed by atoms with Crippen molar-refractivity contribution in [3.05, 3.63) is 164 Å². The molecular formula is C49H44BF7N4. The predicted molar refractivity (Wildman–Crippen MR) is 237 cm³/mol. The number of hydrogen-bond donors (Lipinski definition) is 0. The van der Waals surface area contributed by atoms with Crippen molar-refractivity contribution in [2.45, 2.75) is 40.5 Å². The number of rotatable bonds is 9. The van der Waals surface area contributed by atoms with Crippen LogP contribution in [-0.2, 0) is 6.42 Å². The Hall–Kier alpha value is -6.30. The van der Waals surface area contributed by atoms with E-state index in [-0.39, 0.29) is 46.8 Å². The van der Waals surface area contributed by atoms with Gasteiger partial charge in [-0.2, -0.15) is 0 Å². The zero-order valence-corrected chi connectivity index (χ0v) is 35.2. The van der Waals surface area contributed by atoms with E-state index in [1.807, 2.05) is 111 Å². The van der Waals surface area contributed by atoms with E-state index in [0.717, 1.165) is 53.0 Å². The van der Waals surface area contributed by atoms with Crippen molar-refractivity contribution in [1.82, 2.24) is 4.48 Å². The first-order chi connectivity index (χ1) is 29.1. The second-order valence-corrected chi connectivity index (χ2v) is 15.9. The van der Waals surface area contributed by atoms with Gasteiger partial charge in [0.05, 0.1) is 11.1 Å². The average molecular weight is 833 g/mol. The van der Waals surface area contributed by atoms with Gasteiger partial charge in [-0.05, 0) is 84.0 Å². The highest BCUT2D eigenvalue weighted by atomic mass is 19.2. The first-order valence-electron chi connectivity index (χ1n) is 20.2. The molecule has 0 N–H and O–H groups in total. The molecule has 5 aromatic carbocycles. The molecular weight excluding hydrogens is 788 g/mol. The molecule has 61 heavy (non-hydrogen) atoms. The maximum absolute atomic E-state index is 18.2. The summed E-state index contributed by atoms with van der Waals surface area (Å²) in [5.74, 6) is -10.9. The molecule has 0 atom stereocenters. The van der Waals surface area contributed by atoms with Gasteiger partial charge in [0.15, 0.2) is 34.7 Å². The topological polar surface area (TPSA) is 14.4 Å². The van der Waals surface area contributed by atoms with Crippen molar-refractivity contribution in [2.75, 3.05) is 38.0 Å². The summed E-state index contributed by atoms with van der Waals surface area (Å²) < 4.78 is 116. The lowest BCUT2D eigenvalue weighted by atomic mass is 9.83. The summed E-state index contributed by atoms with van der Waals surface area (Å²) in [4.78, 5) is 3.96. The number of hydrogen-bond acceptors (Lipinski definition) is 2. The average Bonchev–Trinajstić information content (AvgIpc) is 3.71. The van der Waals surface area contributed by atoms with Gasteiger partial charge in [0.2, 0.25) is 5.82 Å². The molecule has 0 bridgehead atoms. The highest BCUT2D eigenvalue weighted by Gasteiger charge is 2.58. The van der Waals surface area contributed by atoms with Crippen LogP contribution in [0.25, 0.3) is 45.3 Å². The maximum atomic E-state index is 18.2. The van der Waals surface area contributed by atoms with Crippen LogP contribution in [0.5, 0.6) is 0 Å². The Kier molecular flexibility index (Phi) is 10.4. The van der Waals surface area contributed by atoms with E-state index >= 15 is 26.2 Å². The molecule has 0 unspecified atom stereocenters. The van der Waals surface area contributed by atoms with E-state index in [4.69, 9.17) is 0 Å². The van der Waals surface area contributed by atoms with Gasteiger partial charge in [-0.15, -0.1) is 0 Å². The third-order valence-electron chi connectivity index (χ3n) is 12.2. The van der Waals surface area contributed by atoms with E-state index in [1.165, 1.54) is 0 Å². The second kappa shape index (κ2) is 15.3. The molecule has 0 spiro atoms. The zero-order chi connectivity index (χ0) is 43.8. The number of fused-ring (bicyclic) bond motifs is 4. The molecule has 0 amide bonds. The van der Waals surface area contributed by atoms with Gasteiger partial charge < -0.3 is 27.4 Å². The van der Waals surface area contributed by atoms with Crippen LogP contribution in [0.15, 0.2) is 95.7 Å². The smallest absolute Gasteiger partial charge is 0.389 e. The Balaban J connectivity index is 1.46. The molecule has 2 aliphatic heterocycles. The van der Waals surface area contributed by atoms with Gasteiger partial charge in [0.1, 0.15) is 0 Å². The normalized spacial score (nSPS) is 15.1. The standard InChI is InChI=1S/C49H44BF7N4/c1-9-31-27(3)48-42(41-43(51)45(53)47(55)46(54)44(41)52)49-28(4)32(10-2)40(26-22-30-20-24-38(59(7)8)36-18-14-12-16-34(30)36)61(49)50(56,57)60(48)39(31)25-21-29-19-23-37(58(5)6)35-17-13-11-15-33(29)35/h11-26H,9-10H2,1-8H3/b25-21+,26-22+. The van der Waals surface area contributed by atoms with Crippen molar-refractivity contribution in [3.63, 3.8) is 0 Å². The Bertz CT molecular complexity index is 2970. The SMILES string of the molecule is CCC1=C(C)C2=C(c3c(F)c(F)c(F)c(F)c3F)c3c(C)c(CC)c(/C=C/c4ccc(N(C)C)c5ccccc45)n3[B-](F)(F)[N+]2=C1/C=C/c1ccc(N(C)C)c2ccccc12. The van der Waals surface area contributed by atoms with Crippen molar-refractivity contribution < 1.29 is 35.1 Å². The quantitative estimate of drug-likeness (QED) is 0.0624. The minimum Gasteiger partial charge on any atom is -0.389 e. The number of allylic oxidation sites excluding steroid dienone is 3. The van der Waals surface area contributed by atoms with Gasteiger partial charge in [0.25, 0.3) is 0 Å². The third kappa shape index (κ3) is 6.24. The fourth-order valence-corrected chi connectivity index (χ4v) is 9.39. The molecule has 0 aliphatic carbocycles. The van der Waals surface area contributed by atoms with E-state index in [0.29, 0.717) is 11.1 Å². The van der Waals surface area contributed by atoms with Gasteiger partial charge in [-0.1, -0.05) is 80.6 Å². The molecule has 0 fully saturated rings. The number of aromatic nitrogens is 1. The summed E-state index contributed by atoms with van der Waals surface area (Å²) in [7, 11) is 7.71. The number of nitrogens with zero attached hydrogens (tertiary/aromatic N) is 4. The highest BCUT2D eigenvalue weighted by Crippen LogP contribution is 2.49. The summed E-state index contributed by atoms with van der Waals surface area (Å²) in [6, 6.07) is 23.1. The lowest BCUT2D eigenvalue weighted by Crippen LogP contribution is -2.52. The van der Waals surface area contributed by atoms with Crippen LogP contribution in [0.3, 0.4) is 0 Å². The van der Waals surface area contributed by atoms with Crippen LogP contribution in [0, 0.1) is 36.0 Å². The minimum atomic E-state index is -4.90. The molecule has 6 aromatic rings. The number of halogens is 7.